The zero-order chi connectivity index (χ0) is 15.4. The Morgan fingerprint density at radius 2 is 1.85 bits per heavy atom. The third kappa shape index (κ3) is 8.29. The summed E-state index contributed by atoms with van der Waals surface area (Å²) in [7, 11) is 0. The molecule has 0 N–H and O–H groups in total. The van der Waals surface area contributed by atoms with Crippen LogP contribution in [0.3, 0.4) is 0 Å². The fourth-order valence-corrected chi connectivity index (χ4v) is 1.81. The molecule has 0 fully saturated rings. The van der Waals surface area contributed by atoms with Gasteiger partial charge in [0.25, 0.3) is 0 Å². The van der Waals surface area contributed by atoms with Crippen LogP contribution in [0.15, 0.2) is 66.8 Å². The Balaban J connectivity index is 4.61. The van der Waals surface area contributed by atoms with Gasteiger partial charge >= 0.3 is 0 Å². The second-order valence-electron chi connectivity index (χ2n) is 5.19. The Bertz CT molecular complexity index is 440. The van der Waals surface area contributed by atoms with Crippen LogP contribution < -0.4 is 0 Å². The smallest absolute Gasteiger partial charge is 0.124 e. The van der Waals surface area contributed by atoms with Gasteiger partial charge in [-0.15, -0.1) is 0 Å². The van der Waals surface area contributed by atoms with Gasteiger partial charge in [0.2, 0.25) is 0 Å². The highest BCUT2D eigenvalue weighted by atomic mass is 16.1. The predicted molar refractivity (Wildman–Crippen MR) is 89.3 cm³/mol. The summed E-state index contributed by atoms with van der Waals surface area (Å²) in [5.74, 6) is 2.43. The molecule has 0 unspecified atom stereocenters. The lowest BCUT2D eigenvalue weighted by Crippen LogP contribution is -1.94. The molecule has 0 aliphatic rings. The molecule has 0 aromatic rings. The van der Waals surface area contributed by atoms with Crippen LogP contribution in [0.1, 0.15) is 39.5 Å². The second kappa shape index (κ2) is 11.0. The highest BCUT2D eigenvalue weighted by Gasteiger charge is 2.05. The van der Waals surface area contributed by atoms with Crippen molar-refractivity contribution < 1.29 is 4.79 Å². The molecule has 0 radical (unpaired) electrons. The molecule has 0 rings (SSSR count). The Hall–Kier alpha value is -1.85. The van der Waals surface area contributed by atoms with Gasteiger partial charge in [0.15, 0.2) is 0 Å². The van der Waals surface area contributed by atoms with Gasteiger partial charge in [-0.2, -0.15) is 0 Å². The quantitative estimate of drug-likeness (QED) is 0.385. The third-order valence-electron chi connectivity index (χ3n) is 3.11. The lowest BCUT2D eigenvalue weighted by molar-refractivity contribution is 0.569. The number of hydrogen-bond acceptors (Lipinski definition) is 1. The van der Waals surface area contributed by atoms with Gasteiger partial charge in [-0.05, 0) is 48.8 Å². The van der Waals surface area contributed by atoms with Crippen LogP contribution >= 0.6 is 0 Å². The summed E-state index contributed by atoms with van der Waals surface area (Å²) in [6.07, 6.45) is 12.6. The zero-order valence-electron chi connectivity index (χ0n) is 12.8. The van der Waals surface area contributed by atoms with Crippen LogP contribution in [0.5, 0.6) is 0 Å². The fourth-order valence-electron chi connectivity index (χ4n) is 1.81. The van der Waals surface area contributed by atoms with Crippen molar-refractivity contribution in [3.8, 4) is 0 Å². The first-order valence-corrected chi connectivity index (χ1v) is 7.07. The summed E-state index contributed by atoms with van der Waals surface area (Å²) >= 11 is 0. The lowest BCUT2D eigenvalue weighted by atomic mass is 9.93. The number of hydrogen-bond donors (Lipinski definition) is 0. The van der Waals surface area contributed by atoms with Gasteiger partial charge in [0, 0.05) is 6.08 Å². The lowest BCUT2D eigenvalue weighted by Gasteiger charge is -2.12. The van der Waals surface area contributed by atoms with Crippen LogP contribution in [0, 0.1) is 5.92 Å². The Kier molecular flexibility index (Phi) is 10.00. The van der Waals surface area contributed by atoms with E-state index < -0.39 is 0 Å². The van der Waals surface area contributed by atoms with Crippen molar-refractivity contribution in [2.75, 3.05) is 0 Å². The topological polar surface area (TPSA) is 17.1 Å². The third-order valence-corrected chi connectivity index (χ3v) is 3.11. The SMILES string of the molecule is C=C/C=C(\CCC(C)C)C(=C)CC/C(C=C)=C/C=C=O. The second-order valence-corrected chi connectivity index (χ2v) is 5.19. The molecule has 0 amide bonds. The van der Waals surface area contributed by atoms with Crippen LogP contribution in [-0.4, -0.2) is 5.94 Å². The minimum Gasteiger partial charge on any atom is -0.234 e. The molecule has 0 heterocycles. The van der Waals surface area contributed by atoms with Crippen LogP contribution in [0.25, 0.3) is 0 Å². The Morgan fingerprint density at radius 1 is 1.15 bits per heavy atom. The zero-order valence-corrected chi connectivity index (χ0v) is 12.8. The van der Waals surface area contributed by atoms with E-state index in [9.17, 15) is 4.79 Å². The first kappa shape index (κ1) is 18.1. The van der Waals surface area contributed by atoms with Crippen molar-refractivity contribution in [2.45, 2.75) is 39.5 Å². The molecule has 0 aromatic heterocycles. The van der Waals surface area contributed by atoms with Crippen molar-refractivity contribution in [1.29, 1.82) is 0 Å². The summed E-state index contributed by atoms with van der Waals surface area (Å²) < 4.78 is 0. The summed E-state index contributed by atoms with van der Waals surface area (Å²) in [5, 5.41) is 0. The van der Waals surface area contributed by atoms with E-state index in [-0.39, 0.29) is 0 Å². The van der Waals surface area contributed by atoms with Crippen molar-refractivity contribution >= 4 is 5.94 Å². The van der Waals surface area contributed by atoms with Gasteiger partial charge in [-0.1, -0.05) is 57.4 Å². The standard InChI is InChI=1S/C19H26O/c1-6-9-19(14-11-16(3)4)17(5)12-13-18(7-2)10-8-15-20/h6-10,16H,1-2,5,11-14H2,3-4H3/b18-10+,19-9+. The molecular formula is C19H26O. The molecule has 0 bridgehead atoms. The molecule has 0 saturated heterocycles. The van der Waals surface area contributed by atoms with E-state index in [0.29, 0.717) is 5.92 Å². The van der Waals surface area contributed by atoms with Gasteiger partial charge in [0.05, 0.1) is 0 Å². The average Bonchev–Trinajstić information content (AvgIpc) is 2.43. The van der Waals surface area contributed by atoms with Crippen LogP contribution in [0.2, 0.25) is 0 Å². The average molecular weight is 270 g/mol. The van der Waals surface area contributed by atoms with Crippen molar-refractivity contribution in [1.82, 2.24) is 0 Å². The normalized spacial score (nSPS) is 11.9. The van der Waals surface area contributed by atoms with Crippen molar-refractivity contribution in [3.05, 3.63) is 66.8 Å². The maximum Gasteiger partial charge on any atom is 0.124 e. The van der Waals surface area contributed by atoms with E-state index >= 15 is 0 Å². The van der Waals surface area contributed by atoms with E-state index in [1.807, 2.05) is 12.2 Å². The molecule has 0 spiro atoms. The molecule has 0 aliphatic heterocycles. The number of carbonyl (C=O) groups excluding carboxylic acids is 1. The molecule has 0 aliphatic carbocycles. The van der Waals surface area contributed by atoms with Gasteiger partial charge in [-0.25, -0.2) is 4.79 Å². The predicted octanol–water partition coefficient (Wildman–Crippen LogP) is 5.37. The molecular weight excluding hydrogens is 244 g/mol. The van der Waals surface area contributed by atoms with E-state index in [2.05, 4.69) is 33.6 Å². The highest BCUT2D eigenvalue weighted by Crippen LogP contribution is 2.23. The fraction of sp³-hybridized carbons (Fsp3) is 0.368. The molecule has 0 atom stereocenters. The number of allylic oxidation sites excluding steroid dienone is 8. The first-order chi connectivity index (χ1) is 9.54. The molecule has 1 heteroatoms. The maximum absolute atomic E-state index is 10.2. The van der Waals surface area contributed by atoms with Crippen molar-refractivity contribution in [2.24, 2.45) is 5.92 Å². The summed E-state index contributed by atoms with van der Waals surface area (Å²) in [6, 6.07) is 0. The minimum absolute atomic E-state index is 0.678. The largest absolute Gasteiger partial charge is 0.234 e. The maximum atomic E-state index is 10.2. The summed E-state index contributed by atoms with van der Waals surface area (Å²) in [5.41, 5.74) is 3.42. The van der Waals surface area contributed by atoms with Gasteiger partial charge in [0.1, 0.15) is 5.94 Å². The molecule has 108 valence electrons. The molecule has 20 heavy (non-hydrogen) atoms. The summed E-state index contributed by atoms with van der Waals surface area (Å²) in [6.45, 7) is 16.1. The van der Waals surface area contributed by atoms with Gasteiger partial charge in [-0.3, -0.25) is 0 Å². The van der Waals surface area contributed by atoms with E-state index in [1.165, 1.54) is 11.6 Å². The molecule has 0 saturated carbocycles. The Morgan fingerprint density at radius 3 is 2.35 bits per heavy atom. The summed E-state index contributed by atoms with van der Waals surface area (Å²) in [4.78, 5) is 10.2. The van der Waals surface area contributed by atoms with E-state index in [4.69, 9.17) is 0 Å². The van der Waals surface area contributed by atoms with E-state index in [0.717, 1.165) is 36.8 Å². The van der Waals surface area contributed by atoms with Gasteiger partial charge < -0.3 is 0 Å². The van der Waals surface area contributed by atoms with Crippen LogP contribution in [-0.2, 0) is 4.79 Å². The Labute approximate surface area is 123 Å². The first-order valence-electron chi connectivity index (χ1n) is 7.07. The van der Waals surface area contributed by atoms with Crippen LogP contribution in [0.4, 0.5) is 0 Å². The number of rotatable bonds is 10. The van der Waals surface area contributed by atoms with Crippen molar-refractivity contribution in [3.63, 3.8) is 0 Å². The monoisotopic (exact) mass is 270 g/mol. The molecule has 0 aromatic carbocycles. The minimum atomic E-state index is 0.678. The highest BCUT2D eigenvalue weighted by molar-refractivity contribution is 5.50. The molecule has 1 nitrogen and oxygen atoms in total. The van der Waals surface area contributed by atoms with E-state index in [1.54, 1.807) is 18.1 Å².